The van der Waals surface area contributed by atoms with Crippen molar-refractivity contribution in [2.45, 2.75) is 12.5 Å². The average molecular weight is 734 g/mol. The quantitative estimate of drug-likeness (QED) is 0.170. The maximum absolute atomic E-state index is 5.30. The van der Waals surface area contributed by atoms with Crippen LogP contribution in [-0.2, 0) is 0 Å². The Hall–Kier alpha value is -6.88. The van der Waals surface area contributed by atoms with E-state index >= 15 is 0 Å². The van der Waals surface area contributed by atoms with Gasteiger partial charge in [-0.3, -0.25) is 0 Å². The van der Waals surface area contributed by atoms with Crippen LogP contribution in [0.5, 0.6) is 0 Å². The summed E-state index contributed by atoms with van der Waals surface area (Å²) in [5.41, 5.74) is 13.7. The molecule has 0 aliphatic heterocycles. The van der Waals surface area contributed by atoms with Gasteiger partial charge in [0.1, 0.15) is 0 Å². The van der Waals surface area contributed by atoms with E-state index in [2.05, 4.69) is 193 Å². The van der Waals surface area contributed by atoms with Crippen molar-refractivity contribution in [2.75, 3.05) is 0 Å². The highest BCUT2D eigenvalue weighted by molar-refractivity contribution is 7.26. The molecule has 0 saturated carbocycles. The SMILES string of the molecule is C1=CCC(n2c3ccccc3c3cccc(-c4cccc(-c5ccc6sc7c(-c8cccc(-c9ccccc9)c8)nc(-c8ccccc8)nc7c6c5)c4)c32)C=C1. The van der Waals surface area contributed by atoms with Crippen LogP contribution in [0.4, 0.5) is 0 Å². The van der Waals surface area contributed by atoms with Crippen LogP contribution in [-0.4, -0.2) is 14.5 Å². The first-order chi connectivity index (χ1) is 27.8. The van der Waals surface area contributed by atoms with Gasteiger partial charge in [-0.25, -0.2) is 9.97 Å². The molecule has 1 aliphatic carbocycles. The van der Waals surface area contributed by atoms with Crippen LogP contribution >= 0.6 is 11.3 Å². The molecule has 3 heterocycles. The smallest absolute Gasteiger partial charge is 0.160 e. The van der Waals surface area contributed by atoms with Gasteiger partial charge >= 0.3 is 0 Å². The van der Waals surface area contributed by atoms with E-state index in [-0.39, 0.29) is 6.04 Å². The lowest BCUT2D eigenvalue weighted by Gasteiger charge is -2.20. The molecule has 56 heavy (non-hydrogen) atoms. The molecule has 264 valence electrons. The Morgan fingerprint density at radius 1 is 0.500 bits per heavy atom. The first kappa shape index (κ1) is 32.5. The van der Waals surface area contributed by atoms with E-state index < -0.39 is 0 Å². The summed E-state index contributed by atoms with van der Waals surface area (Å²) in [7, 11) is 0. The molecule has 11 rings (SSSR count). The topological polar surface area (TPSA) is 30.7 Å². The zero-order chi connectivity index (χ0) is 37.0. The van der Waals surface area contributed by atoms with Crippen molar-refractivity contribution in [1.29, 1.82) is 0 Å². The van der Waals surface area contributed by atoms with E-state index in [1.54, 1.807) is 11.3 Å². The summed E-state index contributed by atoms with van der Waals surface area (Å²) in [5.74, 6) is 0.733. The zero-order valence-electron chi connectivity index (χ0n) is 30.5. The summed E-state index contributed by atoms with van der Waals surface area (Å²) in [6, 6.07) is 61.4. The number of nitrogens with zero attached hydrogens (tertiary/aromatic N) is 3. The average Bonchev–Trinajstić information content (AvgIpc) is 3.83. The highest BCUT2D eigenvalue weighted by Crippen LogP contribution is 2.43. The van der Waals surface area contributed by atoms with Gasteiger partial charge in [0.15, 0.2) is 5.82 Å². The Morgan fingerprint density at radius 2 is 1.16 bits per heavy atom. The maximum atomic E-state index is 5.30. The Bertz CT molecular complexity index is 3170. The molecule has 0 radical (unpaired) electrons. The molecule has 3 nitrogen and oxygen atoms in total. The van der Waals surface area contributed by atoms with Gasteiger partial charge in [0.2, 0.25) is 0 Å². The summed E-state index contributed by atoms with van der Waals surface area (Å²) in [6.07, 6.45) is 9.92. The minimum absolute atomic E-state index is 0.259. The van der Waals surface area contributed by atoms with Gasteiger partial charge in [0, 0.05) is 43.1 Å². The van der Waals surface area contributed by atoms with Crippen LogP contribution < -0.4 is 0 Å². The molecule has 7 aromatic carbocycles. The number of rotatable bonds is 6. The number of para-hydroxylation sites is 2. The molecule has 0 amide bonds. The van der Waals surface area contributed by atoms with Crippen molar-refractivity contribution in [3.05, 3.63) is 194 Å². The Balaban J connectivity index is 1.07. The molecule has 1 atom stereocenters. The lowest BCUT2D eigenvalue weighted by Crippen LogP contribution is -2.07. The Morgan fingerprint density at radius 3 is 1.98 bits per heavy atom. The van der Waals surface area contributed by atoms with Gasteiger partial charge in [0.25, 0.3) is 0 Å². The van der Waals surface area contributed by atoms with Gasteiger partial charge in [-0.15, -0.1) is 11.3 Å². The van der Waals surface area contributed by atoms with Crippen LogP contribution in [0.15, 0.2) is 194 Å². The van der Waals surface area contributed by atoms with Crippen molar-refractivity contribution in [1.82, 2.24) is 14.5 Å². The van der Waals surface area contributed by atoms with Gasteiger partial charge in [-0.1, -0.05) is 164 Å². The normalized spacial score (nSPS) is 14.0. The highest BCUT2D eigenvalue weighted by Gasteiger charge is 2.21. The van der Waals surface area contributed by atoms with Crippen molar-refractivity contribution < 1.29 is 0 Å². The second kappa shape index (κ2) is 13.5. The molecular formula is C52H35N3S. The van der Waals surface area contributed by atoms with Crippen LogP contribution in [0.25, 0.3) is 98.1 Å². The lowest BCUT2D eigenvalue weighted by atomic mass is 9.96. The fourth-order valence-electron chi connectivity index (χ4n) is 8.47. The van der Waals surface area contributed by atoms with Crippen molar-refractivity contribution in [2.24, 2.45) is 0 Å². The van der Waals surface area contributed by atoms with Gasteiger partial charge in [0.05, 0.1) is 27.5 Å². The molecule has 0 saturated heterocycles. The van der Waals surface area contributed by atoms with Crippen LogP contribution in [0.2, 0.25) is 0 Å². The zero-order valence-corrected chi connectivity index (χ0v) is 31.3. The van der Waals surface area contributed by atoms with Gasteiger partial charge in [-0.2, -0.15) is 0 Å². The van der Waals surface area contributed by atoms with E-state index in [4.69, 9.17) is 9.97 Å². The second-order valence-corrected chi connectivity index (χ2v) is 15.5. The van der Waals surface area contributed by atoms with Crippen molar-refractivity contribution >= 4 is 53.4 Å². The molecule has 1 aliphatic rings. The minimum atomic E-state index is 0.259. The molecule has 10 aromatic rings. The monoisotopic (exact) mass is 733 g/mol. The van der Waals surface area contributed by atoms with E-state index in [1.165, 1.54) is 59.9 Å². The summed E-state index contributed by atoms with van der Waals surface area (Å²) in [6.45, 7) is 0. The van der Waals surface area contributed by atoms with E-state index in [9.17, 15) is 0 Å². The second-order valence-electron chi connectivity index (χ2n) is 14.5. The fourth-order valence-corrected chi connectivity index (χ4v) is 9.60. The molecule has 1 unspecified atom stereocenters. The van der Waals surface area contributed by atoms with Crippen molar-refractivity contribution in [3.8, 4) is 56.0 Å². The maximum Gasteiger partial charge on any atom is 0.160 e. The number of benzene rings is 7. The largest absolute Gasteiger partial charge is 0.333 e. The fraction of sp³-hybridized carbons (Fsp3) is 0.0385. The first-order valence-corrected chi connectivity index (χ1v) is 20.0. The number of fused-ring (bicyclic) bond motifs is 6. The standard InChI is InChI=1S/C52H35N3S/c1-4-15-34(16-5-1)36-19-13-22-40(32-36)48-51-49(54-52(53-48)35-17-6-2-7-18-35)45-33-38(29-30-47(45)56-51)37-20-12-21-39(31-37)42-26-14-27-44-43-25-10-11-28-46(43)55(50(42)44)41-23-8-3-9-24-41/h1-23,25-33,41H,24H2. The minimum Gasteiger partial charge on any atom is -0.333 e. The molecule has 0 fully saturated rings. The van der Waals surface area contributed by atoms with E-state index in [0.29, 0.717) is 0 Å². The highest BCUT2D eigenvalue weighted by atomic mass is 32.1. The summed E-state index contributed by atoms with van der Waals surface area (Å²) < 4.78 is 4.85. The van der Waals surface area contributed by atoms with E-state index in [1.807, 2.05) is 6.07 Å². The first-order valence-electron chi connectivity index (χ1n) is 19.2. The third-order valence-electron chi connectivity index (χ3n) is 11.1. The van der Waals surface area contributed by atoms with Crippen LogP contribution in [0, 0.1) is 0 Å². The van der Waals surface area contributed by atoms with Gasteiger partial charge in [-0.05, 0) is 64.6 Å². The number of hydrogen-bond donors (Lipinski definition) is 0. The Kier molecular flexibility index (Phi) is 7.82. The van der Waals surface area contributed by atoms with Crippen LogP contribution in [0.3, 0.4) is 0 Å². The van der Waals surface area contributed by atoms with Crippen molar-refractivity contribution in [3.63, 3.8) is 0 Å². The molecule has 3 aromatic heterocycles. The molecule has 0 bridgehead atoms. The molecule has 0 spiro atoms. The summed E-state index contributed by atoms with van der Waals surface area (Å²) >= 11 is 1.77. The third kappa shape index (κ3) is 5.49. The summed E-state index contributed by atoms with van der Waals surface area (Å²) in [5, 5.41) is 3.73. The number of aromatic nitrogens is 3. The molecule has 4 heteroatoms. The predicted molar refractivity (Wildman–Crippen MR) is 237 cm³/mol. The number of hydrogen-bond acceptors (Lipinski definition) is 3. The molecular weight excluding hydrogens is 699 g/mol. The Labute approximate surface area is 329 Å². The number of allylic oxidation sites excluding steroid dienone is 4. The lowest BCUT2D eigenvalue weighted by molar-refractivity contribution is 0.648. The van der Waals surface area contributed by atoms with Crippen LogP contribution in [0.1, 0.15) is 12.5 Å². The summed E-state index contributed by atoms with van der Waals surface area (Å²) in [4.78, 5) is 10.6. The third-order valence-corrected chi connectivity index (χ3v) is 12.3. The predicted octanol–water partition coefficient (Wildman–Crippen LogP) is 14.3. The molecule has 0 N–H and O–H groups in total. The van der Waals surface area contributed by atoms with Gasteiger partial charge < -0.3 is 4.57 Å². The van der Waals surface area contributed by atoms with E-state index in [0.717, 1.165) is 44.7 Å². The number of thiophene rings is 1.